The lowest BCUT2D eigenvalue weighted by Gasteiger charge is -2.04. The summed E-state index contributed by atoms with van der Waals surface area (Å²) in [7, 11) is 0. The average molecular weight is 231 g/mol. The lowest BCUT2D eigenvalue weighted by Crippen LogP contribution is -1.96. The van der Waals surface area contributed by atoms with Crippen LogP contribution < -0.4 is 5.73 Å². The summed E-state index contributed by atoms with van der Waals surface area (Å²) in [4.78, 5) is 12.4. The number of nitrogens with zero attached hydrogens (tertiary/aromatic N) is 3. The van der Waals surface area contributed by atoms with Crippen LogP contribution in [0.25, 0.3) is 21.8 Å². The Balaban J connectivity index is 2.61. The Kier molecular flexibility index (Phi) is 1.91. The third kappa shape index (κ3) is 1.27. The predicted molar refractivity (Wildman–Crippen MR) is 64.3 cm³/mol. The van der Waals surface area contributed by atoms with Gasteiger partial charge in [0.15, 0.2) is 0 Å². The first-order chi connectivity index (χ1) is 7.75. The number of hydrogen-bond acceptors (Lipinski definition) is 4. The summed E-state index contributed by atoms with van der Waals surface area (Å²) in [6.07, 6.45) is 1.60. The molecule has 78 valence electrons. The van der Waals surface area contributed by atoms with Gasteiger partial charge in [0.1, 0.15) is 5.15 Å². The van der Waals surface area contributed by atoms with Gasteiger partial charge in [-0.15, -0.1) is 0 Å². The zero-order valence-corrected chi connectivity index (χ0v) is 8.94. The molecule has 0 radical (unpaired) electrons. The number of rotatable bonds is 0. The molecule has 0 fully saturated rings. The molecule has 1 aromatic carbocycles. The zero-order valence-electron chi connectivity index (χ0n) is 8.18. The SMILES string of the molecule is Nc1ncc2c(Cl)nc3ccccc3c2n1. The summed E-state index contributed by atoms with van der Waals surface area (Å²) in [6.45, 7) is 0. The minimum Gasteiger partial charge on any atom is -0.368 e. The van der Waals surface area contributed by atoms with Crippen LogP contribution in [0.5, 0.6) is 0 Å². The number of hydrogen-bond donors (Lipinski definition) is 1. The van der Waals surface area contributed by atoms with Crippen molar-refractivity contribution < 1.29 is 0 Å². The van der Waals surface area contributed by atoms with Crippen LogP contribution in [0.2, 0.25) is 5.15 Å². The Morgan fingerprint density at radius 2 is 1.88 bits per heavy atom. The summed E-state index contributed by atoms with van der Waals surface area (Å²) in [5, 5.41) is 2.04. The van der Waals surface area contributed by atoms with E-state index in [1.807, 2.05) is 24.3 Å². The van der Waals surface area contributed by atoms with Gasteiger partial charge in [-0.1, -0.05) is 29.8 Å². The Hall–Kier alpha value is -1.94. The molecule has 16 heavy (non-hydrogen) atoms. The molecular weight excluding hydrogens is 224 g/mol. The molecule has 2 heterocycles. The molecule has 2 aromatic heterocycles. The number of anilines is 1. The fraction of sp³-hybridized carbons (Fsp3) is 0. The maximum absolute atomic E-state index is 6.06. The van der Waals surface area contributed by atoms with Gasteiger partial charge in [-0.2, -0.15) is 0 Å². The van der Waals surface area contributed by atoms with Crippen molar-refractivity contribution in [1.29, 1.82) is 0 Å². The van der Waals surface area contributed by atoms with Crippen LogP contribution in [0, 0.1) is 0 Å². The lowest BCUT2D eigenvalue weighted by atomic mass is 10.1. The van der Waals surface area contributed by atoms with Gasteiger partial charge in [0.2, 0.25) is 5.95 Å². The standard InChI is InChI=1S/C11H7ClN4/c12-10-7-5-14-11(13)16-9(7)6-3-1-2-4-8(6)15-10/h1-5H,(H2,13,14,16). The van der Waals surface area contributed by atoms with E-state index in [2.05, 4.69) is 15.0 Å². The molecule has 3 aromatic rings. The first-order valence-electron chi connectivity index (χ1n) is 4.72. The fourth-order valence-electron chi connectivity index (χ4n) is 1.69. The quantitative estimate of drug-likeness (QED) is 0.476. The molecule has 0 saturated carbocycles. The van der Waals surface area contributed by atoms with E-state index in [4.69, 9.17) is 17.3 Å². The summed E-state index contributed by atoms with van der Waals surface area (Å²) in [5.41, 5.74) is 7.12. The van der Waals surface area contributed by atoms with Crippen LogP contribution >= 0.6 is 11.6 Å². The van der Waals surface area contributed by atoms with Gasteiger partial charge in [-0.3, -0.25) is 0 Å². The number of benzene rings is 1. The summed E-state index contributed by atoms with van der Waals surface area (Å²) in [6, 6.07) is 7.66. The van der Waals surface area contributed by atoms with Crippen molar-refractivity contribution in [2.75, 3.05) is 5.73 Å². The second kappa shape index (κ2) is 3.28. The fourth-order valence-corrected chi connectivity index (χ4v) is 1.92. The van der Waals surface area contributed by atoms with Crippen molar-refractivity contribution >= 4 is 39.4 Å². The highest BCUT2D eigenvalue weighted by atomic mass is 35.5. The molecule has 4 nitrogen and oxygen atoms in total. The number of para-hydroxylation sites is 1. The Morgan fingerprint density at radius 1 is 1.06 bits per heavy atom. The van der Waals surface area contributed by atoms with Crippen LogP contribution in [-0.2, 0) is 0 Å². The average Bonchev–Trinajstić information content (AvgIpc) is 2.29. The highest BCUT2D eigenvalue weighted by Crippen LogP contribution is 2.27. The van der Waals surface area contributed by atoms with Crippen molar-refractivity contribution in [1.82, 2.24) is 15.0 Å². The van der Waals surface area contributed by atoms with Crippen LogP contribution in [0.3, 0.4) is 0 Å². The van der Waals surface area contributed by atoms with E-state index in [9.17, 15) is 0 Å². The molecule has 0 amide bonds. The molecule has 0 atom stereocenters. The summed E-state index contributed by atoms with van der Waals surface area (Å²) >= 11 is 6.06. The Morgan fingerprint density at radius 3 is 2.75 bits per heavy atom. The molecule has 0 aliphatic heterocycles. The van der Waals surface area contributed by atoms with E-state index in [-0.39, 0.29) is 5.95 Å². The van der Waals surface area contributed by atoms with Crippen LogP contribution in [0.1, 0.15) is 0 Å². The van der Waals surface area contributed by atoms with Crippen molar-refractivity contribution in [3.8, 4) is 0 Å². The van der Waals surface area contributed by atoms with E-state index >= 15 is 0 Å². The molecule has 0 aliphatic rings. The second-order valence-corrected chi connectivity index (χ2v) is 3.77. The lowest BCUT2D eigenvalue weighted by molar-refractivity contribution is 1.24. The number of nitrogens with two attached hydrogens (primary N) is 1. The van der Waals surface area contributed by atoms with Crippen LogP contribution in [0.4, 0.5) is 5.95 Å². The van der Waals surface area contributed by atoms with Crippen molar-refractivity contribution in [2.24, 2.45) is 0 Å². The van der Waals surface area contributed by atoms with Gasteiger partial charge in [-0.05, 0) is 6.07 Å². The maximum atomic E-state index is 6.06. The first-order valence-corrected chi connectivity index (χ1v) is 5.10. The summed E-state index contributed by atoms with van der Waals surface area (Å²) < 4.78 is 0. The van der Waals surface area contributed by atoms with Crippen molar-refractivity contribution in [2.45, 2.75) is 0 Å². The second-order valence-electron chi connectivity index (χ2n) is 3.41. The summed E-state index contributed by atoms with van der Waals surface area (Å²) in [5.74, 6) is 0.236. The van der Waals surface area contributed by atoms with Crippen molar-refractivity contribution in [3.63, 3.8) is 0 Å². The van der Waals surface area contributed by atoms with Gasteiger partial charge < -0.3 is 5.73 Å². The van der Waals surface area contributed by atoms with Gasteiger partial charge in [-0.25, -0.2) is 15.0 Å². The Bertz CT molecular complexity index is 696. The van der Waals surface area contributed by atoms with E-state index < -0.39 is 0 Å². The monoisotopic (exact) mass is 230 g/mol. The molecule has 0 unspecified atom stereocenters. The molecule has 3 rings (SSSR count). The normalized spacial score (nSPS) is 11.1. The maximum Gasteiger partial charge on any atom is 0.220 e. The van der Waals surface area contributed by atoms with E-state index in [0.29, 0.717) is 5.15 Å². The largest absolute Gasteiger partial charge is 0.368 e. The van der Waals surface area contributed by atoms with Gasteiger partial charge in [0, 0.05) is 11.6 Å². The van der Waals surface area contributed by atoms with Crippen LogP contribution in [0.15, 0.2) is 30.5 Å². The third-order valence-electron chi connectivity index (χ3n) is 2.41. The Labute approximate surface area is 96.1 Å². The highest BCUT2D eigenvalue weighted by molar-refractivity contribution is 6.35. The third-order valence-corrected chi connectivity index (χ3v) is 2.70. The van der Waals surface area contributed by atoms with E-state index in [1.54, 1.807) is 6.20 Å². The molecule has 0 aliphatic carbocycles. The molecule has 5 heteroatoms. The predicted octanol–water partition coefficient (Wildman–Crippen LogP) is 2.41. The molecule has 2 N–H and O–H groups in total. The number of fused-ring (bicyclic) bond motifs is 3. The van der Waals surface area contributed by atoms with Gasteiger partial charge in [0.25, 0.3) is 0 Å². The first kappa shape index (κ1) is 9.30. The number of aromatic nitrogens is 3. The minimum atomic E-state index is 0.236. The van der Waals surface area contributed by atoms with Gasteiger partial charge >= 0.3 is 0 Å². The number of pyridine rings is 1. The minimum absolute atomic E-state index is 0.236. The highest BCUT2D eigenvalue weighted by Gasteiger charge is 2.08. The molecule has 0 bridgehead atoms. The topological polar surface area (TPSA) is 64.7 Å². The van der Waals surface area contributed by atoms with E-state index in [1.165, 1.54) is 0 Å². The van der Waals surface area contributed by atoms with Crippen molar-refractivity contribution in [3.05, 3.63) is 35.6 Å². The van der Waals surface area contributed by atoms with Gasteiger partial charge in [0.05, 0.1) is 16.4 Å². The zero-order chi connectivity index (χ0) is 11.1. The molecular formula is C11H7ClN4. The molecule has 0 saturated heterocycles. The molecule has 0 spiro atoms. The smallest absolute Gasteiger partial charge is 0.220 e. The van der Waals surface area contributed by atoms with Crippen LogP contribution in [-0.4, -0.2) is 15.0 Å². The number of nitrogen functional groups attached to an aromatic ring is 1. The number of halogens is 1. The van der Waals surface area contributed by atoms with E-state index in [0.717, 1.165) is 21.8 Å².